The molecule has 0 saturated carbocycles. The second kappa shape index (κ2) is 10.0. The van der Waals surface area contributed by atoms with Crippen molar-refractivity contribution in [1.29, 1.82) is 0 Å². The van der Waals surface area contributed by atoms with Crippen molar-refractivity contribution < 1.29 is 28.2 Å². The number of esters is 1. The van der Waals surface area contributed by atoms with Crippen LogP contribution in [0.2, 0.25) is 0 Å². The molecule has 0 saturated heterocycles. The average Bonchev–Trinajstić information content (AvgIpc) is 2.70. The van der Waals surface area contributed by atoms with Crippen LogP contribution in [0.1, 0.15) is 22.8 Å². The Labute approximate surface area is 162 Å². The van der Waals surface area contributed by atoms with E-state index >= 15 is 0 Å². The van der Waals surface area contributed by atoms with Gasteiger partial charge in [0.1, 0.15) is 17.6 Å². The molecule has 0 bridgehead atoms. The maximum atomic E-state index is 13.5. The number of Topliss-reactive ketones (excluding diaryl/α,β-unsaturated/α-hetero) is 1. The third-order valence-electron chi connectivity index (χ3n) is 3.78. The fourth-order valence-electron chi connectivity index (χ4n) is 2.23. The minimum atomic E-state index is -0.971. The van der Waals surface area contributed by atoms with E-state index in [0.29, 0.717) is 5.75 Å². The van der Waals surface area contributed by atoms with Crippen LogP contribution in [-0.4, -0.2) is 37.4 Å². The summed E-state index contributed by atoms with van der Waals surface area (Å²) in [6, 6.07) is 11.5. The lowest BCUT2D eigenvalue weighted by Gasteiger charge is -2.12. The number of carbonyl (C=O) groups is 3. The molecular weight excluding hydrogens is 365 g/mol. The molecule has 2 aromatic rings. The van der Waals surface area contributed by atoms with Crippen LogP contribution in [0.25, 0.3) is 6.08 Å². The zero-order valence-corrected chi connectivity index (χ0v) is 15.5. The highest BCUT2D eigenvalue weighted by Gasteiger charge is 2.19. The van der Waals surface area contributed by atoms with E-state index in [2.05, 4.69) is 5.32 Å². The minimum absolute atomic E-state index is 0.158. The van der Waals surface area contributed by atoms with Gasteiger partial charge in [-0.25, -0.2) is 9.18 Å². The van der Waals surface area contributed by atoms with E-state index in [4.69, 9.17) is 9.47 Å². The molecule has 0 spiro atoms. The fourth-order valence-corrected chi connectivity index (χ4v) is 2.23. The molecule has 0 radical (unpaired) electrons. The second-order valence-corrected chi connectivity index (χ2v) is 5.85. The van der Waals surface area contributed by atoms with Crippen LogP contribution < -0.4 is 10.1 Å². The van der Waals surface area contributed by atoms with Gasteiger partial charge in [-0.3, -0.25) is 9.59 Å². The fraction of sp³-hybridized carbons (Fsp3) is 0.190. The minimum Gasteiger partial charge on any atom is -0.497 e. The summed E-state index contributed by atoms with van der Waals surface area (Å²) in [5, 5.41) is 2.44. The normalized spacial score (nSPS) is 11.7. The van der Waals surface area contributed by atoms with E-state index < -0.39 is 36.1 Å². The molecule has 0 heterocycles. The lowest BCUT2D eigenvalue weighted by molar-refractivity contribution is -0.145. The van der Waals surface area contributed by atoms with Crippen LogP contribution in [0.4, 0.5) is 4.39 Å². The number of carbonyl (C=O) groups excluding carboxylic acids is 3. The molecule has 2 aromatic carbocycles. The van der Waals surface area contributed by atoms with Gasteiger partial charge in [-0.2, -0.15) is 0 Å². The van der Waals surface area contributed by atoms with Gasteiger partial charge in [0.25, 0.3) is 0 Å². The molecule has 0 unspecified atom stereocenters. The van der Waals surface area contributed by atoms with E-state index in [1.807, 2.05) is 0 Å². The van der Waals surface area contributed by atoms with Crippen molar-refractivity contribution in [3.63, 3.8) is 0 Å². The van der Waals surface area contributed by atoms with Crippen molar-refractivity contribution in [1.82, 2.24) is 5.32 Å². The van der Waals surface area contributed by atoms with Crippen LogP contribution in [0.5, 0.6) is 5.75 Å². The number of ketones is 1. The van der Waals surface area contributed by atoms with Crippen LogP contribution in [0.3, 0.4) is 0 Å². The summed E-state index contributed by atoms with van der Waals surface area (Å²) in [6.45, 7) is 0.816. The number of hydrogen-bond donors (Lipinski definition) is 1. The number of amides is 1. The Balaban J connectivity index is 1.82. The zero-order valence-electron chi connectivity index (χ0n) is 15.5. The summed E-state index contributed by atoms with van der Waals surface area (Å²) in [5.74, 6) is -1.95. The Bertz CT molecular complexity index is 877. The molecule has 0 aliphatic rings. The summed E-state index contributed by atoms with van der Waals surface area (Å²) >= 11 is 0. The predicted molar refractivity (Wildman–Crippen MR) is 101 cm³/mol. The zero-order chi connectivity index (χ0) is 20.5. The van der Waals surface area contributed by atoms with Crippen LogP contribution in [0, 0.1) is 5.82 Å². The molecule has 6 nitrogen and oxygen atoms in total. The quantitative estimate of drug-likeness (QED) is 0.429. The van der Waals surface area contributed by atoms with E-state index in [0.717, 1.165) is 11.6 Å². The molecule has 0 aliphatic heterocycles. The number of benzene rings is 2. The number of rotatable bonds is 8. The van der Waals surface area contributed by atoms with Gasteiger partial charge in [-0.1, -0.05) is 24.3 Å². The van der Waals surface area contributed by atoms with E-state index in [-0.39, 0.29) is 5.56 Å². The number of nitrogens with one attached hydrogen (secondary N) is 1. The van der Waals surface area contributed by atoms with Crippen LogP contribution in [0.15, 0.2) is 54.6 Å². The largest absolute Gasteiger partial charge is 0.497 e. The molecular formula is C21H20FNO5. The van der Waals surface area contributed by atoms with Gasteiger partial charge in [-0.05, 0) is 42.8 Å². The van der Waals surface area contributed by atoms with Crippen LogP contribution >= 0.6 is 0 Å². The van der Waals surface area contributed by atoms with Crippen molar-refractivity contribution in [2.24, 2.45) is 0 Å². The summed E-state index contributed by atoms with van der Waals surface area (Å²) in [7, 11) is 1.56. The summed E-state index contributed by atoms with van der Waals surface area (Å²) in [6.07, 6.45) is 2.85. The van der Waals surface area contributed by atoms with Crippen molar-refractivity contribution >= 4 is 23.7 Å². The Hall–Kier alpha value is -3.48. The molecule has 28 heavy (non-hydrogen) atoms. The monoisotopic (exact) mass is 385 g/mol. The Kier molecular flexibility index (Phi) is 7.45. The lowest BCUT2D eigenvalue weighted by atomic mass is 10.1. The van der Waals surface area contributed by atoms with Crippen molar-refractivity contribution in [3.8, 4) is 5.75 Å². The maximum Gasteiger partial charge on any atom is 0.328 e. The van der Waals surface area contributed by atoms with E-state index in [1.54, 1.807) is 37.5 Å². The number of halogens is 1. The number of methoxy groups -OCH3 is 1. The standard InChI is InChI=1S/C21H20FNO5/c1-14(21(26)28-13-19(24)17-5-3-4-6-18(17)22)23-20(25)12-9-15-7-10-16(27-2)11-8-15/h3-12,14H,13H2,1-2H3,(H,23,25)/b12-9+/t14-/m0/s1. The summed E-state index contributed by atoms with van der Waals surface area (Å²) < 4.78 is 23.4. The van der Waals surface area contributed by atoms with Crippen molar-refractivity contribution in [2.45, 2.75) is 13.0 Å². The molecule has 146 valence electrons. The molecule has 1 N–H and O–H groups in total. The van der Waals surface area contributed by atoms with E-state index in [9.17, 15) is 18.8 Å². The van der Waals surface area contributed by atoms with Gasteiger partial charge in [0.05, 0.1) is 12.7 Å². The SMILES string of the molecule is COc1ccc(/C=C/C(=O)N[C@@H](C)C(=O)OCC(=O)c2ccccc2F)cc1. The first-order valence-electron chi connectivity index (χ1n) is 8.47. The Morgan fingerprint density at radius 1 is 1.11 bits per heavy atom. The molecule has 1 atom stereocenters. The summed E-state index contributed by atoms with van der Waals surface area (Å²) in [4.78, 5) is 35.7. The third kappa shape index (κ3) is 6.05. The van der Waals surface area contributed by atoms with Gasteiger partial charge in [-0.15, -0.1) is 0 Å². The molecule has 0 fully saturated rings. The van der Waals surface area contributed by atoms with Gasteiger partial charge in [0.15, 0.2) is 6.61 Å². The maximum absolute atomic E-state index is 13.5. The molecule has 1 amide bonds. The van der Waals surface area contributed by atoms with Gasteiger partial charge in [0, 0.05) is 6.08 Å². The van der Waals surface area contributed by atoms with Crippen molar-refractivity contribution in [2.75, 3.05) is 13.7 Å². The lowest BCUT2D eigenvalue weighted by Crippen LogP contribution is -2.39. The first-order valence-corrected chi connectivity index (χ1v) is 8.47. The Morgan fingerprint density at radius 2 is 1.79 bits per heavy atom. The van der Waals surface area contributed by atoms with Crippen LogP contribution in [-0.2, 0) is 14.3 Å². The van der Waals surface area contributed by atoms with Gasteiger partial charge >= 0.3 is 5.97 Å². The third-order valence-corrected chi connectivity index (χ3v) is 3.78. The van der Waals surface area contributed by atoms with Crippen molar-refractivity contribution in [3.05, 3.63) is 71.6 Å². The average molecular weight is 385 g/mol. The highest BCUT2D eigenvalue weighted by atomic mass is 19.1. The molecule has 0 aromatic heterocycles. The van der Waals surface area contributed by atoms with Gasteiger partial charge < -0.3 is 14.8 Å². The molecule has 0 aliphatic carbocycles. The topological polar surface area (TPSA) is 81.7 Å². The second-order valence-electron chi connectivity index (χ2n) is 5.85. The number of hydrogen-bond acceptors (Lipinski definition) is 5. The van der Waals surface area contributed by atoms with E-state index in [1.165, 1.54) is 31.2 Å². The predicted octanol–water partition coefficient (Wildman–Crippen LogP) is 2.78. The number of ether oxygens (including phenoxy) is 2. The molecule has 2 rings (SSSR count). The Morgan fingerprint density at radius 3 is 2.43 bits per heavy atom. The smallest absolute Gasteiger partial charge is 0.328 e. The highest BCUT2D eigenvalue weighted by Crippen LogP contribution is 2.12. The first kappa shape index (κ1) is 20.8. The highest BCUT2D eigenvalue weighted by molar-refractivity contribution is 5.99. The summed E-state index contributed by atoms with van der Waals surface area (Å²) in [5.41, 5.74) is 0.621. The molecule has 7 heteroatoms. The van der Waals surface area contributed by atoms with Gasteiger partial charge in [0.2, 0.25) is 11.7 Å². The first-order chi connectivity index (χ1) is 13.4.